The van der Waals surface area contributed by atoms with E-state index in [0.29, 0.717) is 0 Å². The zero-order valence-electron chi connectivity index (χ0n) is 10.8. The van der Waals surface area contributed by atoms with Gasteiger partial charge in [-0.15, -0.1) is 11.3 Å². The smallest absolute Gasteiger partial charge is 0.133 e. The summed E-state index contributed by atoms with van der Waals surface area (Å²) in [5, 5.41) is 3.11. The fourth-order valence-electron chi connectivity index (χ4n) is 1.95. The van der Waals surface area contributed by atoms with Crippen LogP contribution in [0.4, 0.5) is 0 Å². The van der Waals surface area contributed by atoms with Crippen LogP contribution in [0.2, 0.25) is 0 Å². The summed E-state index contributed by atoms with van der Waals surface area (Å²) in [6, 6.07) is 16.2. The van der Waals surface area contributed by atoms with E-state index in [2.05, 4.69) is 33.4 Å². The summed E-state index contributed by atoms with van der Waals surface area (Å²) >= 11 is 5.16. The summed E-state index contributed by atoms with van der Waals surface area (Å²) in [4.78, 5) is 4.70. The molecule has 0 fully saturated rings. The fourth-order valence-corrected chi connectivity index (χ4v) is 3.32. The van der Waals surface area contributed by atoms with Crippen LogP contribution in [0.15, 0.2) is 58.4 Å². The molecule has 2 aromatic carbocycles. The van der Waals surface area contributed by atoms with Crippen molar-refractivity contribution in [2.24, 2.45) is 0 Å². The van der Waals surface area contributed by atoms with E-state index in [1.54, 1.807) is 18.4 Å². The molecule has 0 N–H and O–H groups in total. The summed E-state index contributed by atoms with van der Waals surface area (Å²) in [5.41, 5.74) is 3.21. The molecular weight excluding hydrogens is 334 g/mol. The fraction of sp³-hybridized carbons (Fsp3) is 0.0625. The normalized spacial score (nSPS) is 10.5. The predicted molar refractivity (Wildman–Crippen MR) is 87.2 cm³/mol. The number of halogens is 1. The summed E-state index contributed by atoms with van der Waals surface area (Å²) in [5.74, 6) is 0.826. The van der Waals surface area contributed by atoms with Crippen LogP contribution in [0.5, 0.6) is 5.75 Å². The molecular formula is C16H12BrNOS. The third kappa shape index (κ3) is 2.62. The van der Waals surface area contributed by atoms with Crippen molar-refractivity contribution in [1.82, 2.24) is 4.98 Å². The molecule has 0 spiro atoms. The molecule has 0 aliphatic heterocycles. The van der Waals surface area contributed by atoms with Crippen molar-refractivity contribution in [1.29, 1.82) is 0 Å². The monoisotopic (exact) mass is 345 g/mol. The molecule has 100 valence electrons. The lowest BCUT2D eigenvalue weighted by molar-refractivity contribution is 0.412. The highest BCUT2D eigenvalue weighted by atomic mass is 79.9. The molecule has 0 bridgehead atoms. The number of ether oxygens (including phenoxy) is 1. The molecule has 20 heavy (non-hydrogen) atoms. The number of nitrogens with zero attached hydrogens (tertiary/aromatic N) is 1. The van der Waals surface area contributed by atoms with Gasteiger partial charge in [0.25, 0.3) is 0 Å². The van der Waals surface area contributed by atoms with Gasteiger partial charge in [0.05, 0.1) is 17.3 Å². The molecule has 1 heterocycles. The van der Waals surface area contributed by atoms with E-state index >= 15 is 0 Å². The predicted octanol–water partition coefficient (Wildman–Crippen LogP) is 5.25. The van der Waals surface area contributed by atoms with E-state index < -0.39 is 0 Å². The molecule has 3 rings (SSSR count). The van der Waals surface area contributed by atoms with Gasteiger partial charge in [0.15, 0.2) is 0 Å². The van der Waals surface area contributed by atoms with Crippen LogP contribution in [0.1, 0.15) is 0 Å². The Morgan fingerprint density at radius 3 is 2.55 bits per heavy atom. The zero-order valence-corrected chi connectivity index (χ0v) is 13.2. The van der Waals surface area contributed by atoms with Crippen LogP contribution in [0.3, 0.4) is 0 Å². The van der Waals surface area contributed by atoms with Gasteiger partial charge in [0.1, 0.15) is 10.8 Å². The lowest BCUT2D eigenvalue weighted by Gasteiger charge is -2.04. The van der Waals surface area contributed by atoms with E-state index in [1.165, 1.54) is 0 Å². The van der Waals surface area contributed by atoms with E-state index in [9.17, 15) is 0 Å². The number of hydrogen-bond acceptors (Lipinski definition) is 3. The van der Waals surface area contributed by atoms with Crippen LogP contribution in [0.25, 0.3) is 21.8 Å². The molecule has 0 saturated heterocycles. The summed E-state index contributed by atoms with van der Waals surface area (Å²) in [6.45, 7) is 0. The molecule has 0 atom stereocenters. The molecule has 2 nitrogen and oxygen atoms in total. The van der Waals surface area contributed by atoms with Crippen molar-refractivity contribution in [3.05, 3.63) is 58.4 Å². The van der Waals surface area contributed by atoms with Crippen molar-refractivity contribution in [3.63, 3.8) is 0 Å². The van der Waals surface area contributed by atoms with Gasteiger partial charge in [-0.3, -0.25) is 0 Å². The largest absolute Gasteiger partial charge is 0.496 e. The third-order valence-corrected chi connectivity index (χ3v) is 4.48. The van der Waals surface area contributed by atoms with Gasteiger partial charge in [-0.05, 0) is 34.1 Å². The van der Waals surface area contributed by atoms with E-state index in [0.717, 1.165) is 32.1 Å². The quantitative estimate of drug-likeness (QED) is 0.646. The number of methoxy groups -OCH3 is 1. The van der Waals surface area contributed by atoms with Gasteiger partial charge in [0, 0.05) is 16.5 Å². The minimum Gasteiger partial charge on any atom is -0.496 e. The topological polar surface area (TPSA) is 22.1 Å². The Labute approximate surface area is 130 Å². The number of thiazole rings is 1. The molecule has 0 amide bonds. The standard InChI is InChI=1S/C16H12BrNOS/c1-19-15-8-7-12(9-13(15)17)14-10-20-16(18-14)11-5-3-2-4-6-11/h2-10H,1H3. The molecule has 0 aliphatic rings. The lowest BCUT2D eigenvalue weighted by atomic mass is 10.1. The average Bonchev–Trinajstić information content (AvgIpc) is 2.98. The Bertz CT molecular complexity index is 724. The van der Waals surface area contributed by atoms with Gasteiger partial charge in [-0.1, -0.05) is 30.3 Å². The van der Waals surface area contributed by atoms with Crippen LogP contribution in [0, 0.1) is 0 Å². The molecule has 4 heteroatoms. The highest BCUT2D eigenvalue weighted by molar-refractivity contribution is 9.10. The molecule has 0 radical (unpaired) electrons. The van der Waals surface area contributed by atoms with Crippen LogP contribution in [-0.2, 0) is 0 Å². The van der Waals surface area contributed by atoms with Gasteiger partial charge >= 0.3 is 0 Å². The lowest BCUT2D eigenvalue weighted by Crippen LogP contribution is -1.85. The first-order chi connectivity index (χ1) is 9.78. The van der Waals surface area contributed by atoms with Crippen LogP contribution < -0.4 is 4.74 Å². The molecule has 3 aromatic rings. The van der Waals surface area contributed by atoms with Crippen molar-refractivity contribution in [2.45, 2.75) is 0 Å². The second-order valence-electron chi connectivity index (χ2n) is 4.25. The Balaban J connectivity index is 1.96. The maximum atomic E-state index is 5.25. The van der Waals surface area contributed by atoms with Gasteiger partial charge in [-0.25, -0.2) is 4.98 Å². The second kappa shape index (κ2) is 5.77. The number of hydrogen-bond donors (Lipinski definition) is 0. The van der Waals surface area contributed by atoms with Gasteiger partial charge in [-0.2, -0.15) is 0 Å². The Morgan fingerprint density at radius 2 is 1.85 bits per heavy atom. The summed E-state index contributed by atoms with van der Waals surface area (Å²) in [6.07, 6.45) is 0. The van der Waals surface area contributed by atoms with Crippen molar-refractivity contribution >= 4 is 27.3 Å². The number of benzene rings is 2. The van der Waals surface area contributed by atoms with E-state index in [-0.39, 0.29) is 0 Å². The third-order valence-electron chi connectivity index (χ3n) is 2.97. The molecule has 0 unspecified atom stereocenters. The minimum atomic E-state index is 0.826. The molecule has 1 aromatic heterocycles. The first-order valence-corrected chi connectivity index (χ1v) is 7.80. The Morgan fingerprint density at radius 1 is 1.05 bits per heavy atom. The highest BCUT2D eigenvalue weighted by Crippen LogP contribution is 2.33. The number of rotatable bonds is 3. The number of aromatic nitrogens is 1. The van der Waals surface area contributed by atoms with Crippen LogP contribution in [-0.4, -0.2) is 12.1 Å². The highest BCUT2D eigenvalue weighted by Gasteiger charge is 2.08. The Hall–Kier alpha value is -1.65. The molecule has 0 saturated carbocycles. The van der Waals surface area contributed by atoms with Crippen LogP contribution >= 0.6 is 27.3 Å². The van der Waals surface area contributed by atoms with Crippen molar-refractivity contribution in [2.75, 3.05) is 7.11 Å². The minimum absolute atomic E-state index is 0.826. The van der Waals surface area contributed by atoms with E-state index in [4.69, 9.17) is 9.72 Å². The first-order valence-electron chi connectivity index (χ1n) is 6.13. The summed E-state index contributed by atoms with van der Waals surface area (Å²) in [7, 11) is 1.66. The first kappa shape index (κ1) is 13.3. The average molecular weight is 346 g/mol. The maximum Gasteiger partial charge on any atom is 0.133 e. The van der Waals surface area contributed by atoms with Gasteiger partial charge < -0.3 is 4.74 Å². The maximum absolute atomic E-state index is 5.25. The van der Waals surface area contributed by atoms with E-state index in [1.807, 2.05) is 36.4 Å². The Kier molecular flexibility index (Phi) is 3.85. The molecule has 0 aliphatic carbocycles. The summed E-state index contributed by atoms with van der Waals surface area (Å²) < 4.78 is 6.18. The SMILES string of the molecule is COc1ccc(-c2csc(-c3ccccc3)n2)cc1Br. The second-order valence-corrected chi connectivity index (χ2v) is 5.97. The van der Waals surface area contributed by atoms with Gasteiger partial charge in [0.2, 0.25) is 0 Å². The zero-order chi connectivity index (χ0) is 13.9. The van der Waals surface area contributed by atoms with Crippen molar-refractivity contribution in [3.8, 4) is 27.6 Å². The van der Waals surface area contributed by atoms with Crippen molar-refractivity contribution < 1.29 is 4.74 Å².